The highest BCUT2D eigenvalue weighted by Crippen LogP contribution is 2.54. The Bertz CT molecular complexity index is 1140. The Morgan fingerprint density at radius 2 is 1.87 bits per heavy atom. The lowest BCUT2D eigenvalue weighted by Crippen LogP contribution is -2.60. The molecule has 1 aromatic heterocycles. The molecule has 1 aliphatic carbocycles. The molecule has 148 valence electrons. The number of halogens is 1. The smallest absolute Gasteiger partial charge is 0.222 e. The van der Waals surface area contributed by atoms with E-state index >= 15 is 0 Å². The first-order chi connectivity index (χ1) is 14.5. The van der Waals surface area contributed by atoms with Gasteiger partial charge < -0.3 is 5.11 Å². The van der Waals surface area contributed by atoms with Crippen molar-refractivity contribution >= 4 is 11.6 Å². The van der Waals surface area contributed by atoms with Gasteiger partial charge in [0.25, 0.3) is 0 Å². The number of aliphatic hydroxyl groups is 1. The van der Waals surface area contributed by atoms with Gasteiger partial charge in [-0.3, -0.25) is 5.41 Å². The molecule has 30 heavy (non-hydrogen) atoms. The molecule has 1 saturated carbocycles. The van der Waals surface area contributed by atoms with Crippen molar-refractivity contribution < 1.29 is 14.1 Å². The van der Waals surface area contributed by atoms with Crippen LogP contribution >= 0.6 is 0 Å². The lowest BCUT2D eigenvalue weighted by molar-refractivity contribution is -0.743. The molecule has 1 aromatic carbocycles. The second kappa shape index (κ2) is 7.65. The average molecular weight is 400 g/mol. The zero-order valence-corrected chi connectivity index (χ0v) is 16.0. The summed E-state index contributed by atoms with van der Waals surface area (Å²) in [5, 5.41) is 38.8. The molecule has 0 amide bonds. The van der Waals surface area contributed by atoms with Crippen LogP contribution in [-0.2, 0) is 0 Å². The minimum atomic E-state index is -1.65. The molecular weight excluding hydrogens is 381 g/mol. The summed E-state index contributed by atoms with van der Waals surface area (Å²) in [6.45, 7) is 0. The van der Waals surface area contributed by atoms with Crippen LogP contribution in [0.5, 0.6) is 0 Å². The number of rotatable bonds is 4. The van der Waals surface area contributed by atoms with Gasteiger partial charge in [-0.1, -0.05) is 24.3 Å². The Morgan fingerprint density at radius 1 is 1.17 bits per heavy atom. The molecule has 0 unspecified atom stereocenters. The van der Waals surface area contributed by atoms with E-state index in [2.05, 4.69) is 11.1 Å². The normalized spacial score (nSPS) is 27.9. The third-order valence-electron chi connectivity index (χ3n) is 5.86. The van der Waals surface area contributed by atoms with Crippen molar-refractivity contribution in [3.8, 4) is 12.1 Å². The van der Waals surface area contributed by atoms with E-state index in [0.29, 0.717) is 0 Å². The van der Waals surface area contributed by atoms with Gasteiger partial charge in [0.1, 0.15) is 23.4 Å². The van der Waals surface area contributed by atoms with Gasteiger partial charge in [0.2, 0.25) is 11.8 Å². The predicted molar refractivity (Wildman–Crippen MR) is 106 cm³/mol. The lowest BCUT2D eigenvalue weighted by Gasteiger charge is -2.40. The van der Waals surface area contributed by atoms with Crippen molar-refractivity contribution in [3.63, 3.8) is 0 Å². The SMILES string of the molecule is N#CC(=C=N)C1=N[C@](O)(C2CC2)[C@@H]([n+]2ccccc2)[C@@H](c2ccccc2F)[C@H]1C#N. The molecule has 2 aliphatic rings. The Labute approximate surface area is 173 Å². The van der Waals surface area contributed by atoms with Crippen LogP contribution in [0.1, 0.15) is 30.4 Å². The monoisotopic (exact) mass is 400 g/mol. The van der Waals surface area contributed by atoms with E-state index < -0.39 is 29.4 Å². The molecule has 6 nitrogen and oxygen atoms in total. The molecular formula is C23H19FN5O+. The number of nitrogens with zero attached hydrogens (tertiary/aromatic N) is 4. The van der Waals surface area contributed by atoms with Crippen LogP contribution < -0.4 is 4.57 Å². The van der Waals surface area contributed by atoms with Crippen LogP contribution in [0.4, 0.5) is 4.39 Å². The standard InChI is InChI=1S/C23H19FN5O/c24-19-7-3-2-6-17(19)20-18(14-27)21(15(12-25)13-26)28-23(30,16-8-9-16)22(20)29-10-4-1-5-11-29/h1-7,10-11,16,18,20,22,25,30H,8-9H2/q+1/t18-,20+,22+,23+/m1/s1. The predicted octanol–water partition coefficient (Wildman–Crippen LogP) is 2.83. The van der Waals surface area contributed by atoms with Gasteiger partial charge in [0.15, 0.2) is 12.4 Å². The number of allylic oxidation sites excluding steroid dienone is 1. The first kappa shape index (κ1) is 19.7. The Kier molecular flexibility index (Phi) is 5.01. The number of aliphatic imine (C=N–C) groups is 1. The second-order valence-electron chi connectivity index (χ2n) is 7.59. The summed E-state index contributed by atoms with van der Waals surface area (Å²) in [4.78, 5) is 4.50. The summed E-state index contributed by atoms with van der Waals surface area (Å²) < 4.78 is 16.7. The molecule has 7 heteroatoms. The van der Waals surface area contributed by atoms with Crippen LogP contribution in [0.3, 0.4) is 0 Å². The number of benzene rings is 1. The summed E-state index contributed by atoms with van der Waals surface area (Å²) in [5.41, 5.74) is -1.62. The van der Waals surface area contributed by atoms with Crippen molar-refractivity contribution in [2.45, 2.75) is 30.5 Å². The van der Waals surface area contributed by atoms with Crippen LogP contribution in [0.15, 0.2) is 65.4 Å². The Morgan fingerprint density at radius 3 is 2.43 bits per heavy atom. The van der Waals surface area contributed by atoms with E-state index in [4.69, 9.17) is 5.41 Å². The molecule has 2 heterocycles. The van der Waals surface area contributed by atoms with Crippen molar-refractivity contribution in [2.24, 2.45) is 16.8 Å². The fourth-order valence-electron chi connectivity index (χ4n) is 4.39. The number of pyridine rings is 1. The third kappa shape index (κ3) is 3.11. The Hall–Kier alpha value is -3.64. The Balaban J connectivity index is 2.04. The van der Waals surface area contributed by atoms with Gasteiger partial charge in [-0.25, -0.2) is 9.38 Å². The highest BCUT2D eigenvalue weighted by atomic mass is 19.1. The van der Waals surface area contributed by atoms with E-state index in [1.807, 2.05) is 18.0 Å². The molecule has 1 fully saturated rings. The summed E-state index contributed by atoms with van der Waals surface area (Å²) in [5.74, 6) is -0.510. The zero-order chi connectivity index (χ0) is 21.3. The number of hydrogen-bond donors (Lipinski definition) is 2. The van der Waals surface area contributed by atoms with Crippen molar-refractivity contribution in [2.75, 3.05) is 0 Å². The fraction of sp³-hybridized carbons (Fsp3) is 0.304. The first-order valence-electron chi connectivity index (χ1n) is 9.67. The molecule has 1 aliphatic heterocycles. The topological polar surface area (TPSA) is 108 Å². The van der Waals surface area contributed by atoms with E-state index in [1.165, 1.54) is 6.07 Å². The van der Waals surface area contributed by atoms with E-state index in [-0.39, 0.29) is 22.8 Å². The van der Waals surface area contributed by atoms with E-state index in [9.17, 15) is 20.0 Å². The minimum Gasteiger partial charge on any atom is -0.364 e. The fourth-order valence-corrected chi connectivity index (χ4v) is 4.39. The molecule has 0 radical (unpaired) electrons. The molecule has 4 rings (SSSR count). The summed E-state index contributed by atoms with van der Waals surface area (Å²) in [7, 11) is 0. The van der Waals surface area contributed by atoms with Crippen LogP contribution in [0.2, 0.25) is 0 Å². The summed E-state index contributed by atoms with van der Waals surface area (Å²) in [6.07, 6.45) is 4.99. The average Bonchev–Trinajstić information content (AvgIpc) is 3.61. The van der Waals surface area contributed by atoms with Gasteiger partial charge in [0.05, 0.1) is 17.7 Å². The molecule has 4 atom stereocenters. The van der Waals surface area contributed by atoms with Crippen LogP contribution in [0, 0.1) is 45.7 Å². The summed E-state index contributed by atoms with van der Waals surface area (Å²) in [6, 6.07) is 14.8. The maximum Gasteiger partial charge on any atom is 0.222 e. The molecule has 0 bridgehead atoms. The lowest BCUT2D eigenvalue weighted by atomic mass is 9.70. The third-order valence-corrected chi connectivity index (χ3v) is 5.86. The first-order valence-corrected chi connectivity index (χ1v) is 9.67. The van der Waals surface area contributed by atoms with Gasteiger partial charge in [0, 0.05) is 18.1 Å². The molecule has 2 N–H and O–H groups in total. The van der Waals surface area contributed by atoms with Gasteiger partial charge in [-0.15, -0.1) is 0 Å². The number of nitriles is 2. The second-order valence-corrected chi connectivity index (χ2v) is 7.59. The number of nitrogens with one attached hydrogen (secondary N) is 1. The largest absolute Gasteiger partial charge is 0.364 e. The van der Waals surface area contributed by atoms with Crippen LogP contribution in [0.25, 0.3) is 0 Å². The van der Waals surface area contributed by atoms with Gasteiger partial charge >= 0.3 is 0 Å². The minimum absolute atomic E-state index is 0.00886. The number of aromatic nitrogens is 1. The highest BCUT2D eigenvalue weighted by Gasteiger charge is 2.62. The van der Waals surface area contributed by atoms with Crippen molar-refractivity contribution in [3.05, 3.63) is 71.8 Å². The van der Waals surface area contributed by atoms with E-state index in [1.54, 1.807) is 47.3 Å². The van der Waals surface area contributed by atoms with Gasteiger partial charge in [-0.2, -0.15) is 15.1 Å². The maximum absolute atomic E-state index is 15.0. The van der Waals surface area contributed by atoms with Gasteiger partial charge in [-0.05, 0) is 30.3 Å². The van der Waals surface area contributed by atoms with Crippen LogP contribution in [-0.4, -0.2) is 22.4 Å². The quantitative estimate of drug-likeness (QED) is 0.468. The van der Waals surface area contributed by atoms with Crippen molar-refractivity contribution in [1.82, 2.24) is 0 Å². The maximum atomic E-state index is 15.0. The zero-order valence-electron chi connectivity index (χ0n) is 16.0. The molecule has 2 aromatic rings. The van der Waals surface area contributed by atoms with Crippen molar-refractivity contribution in [1.29, 1.82) is 15.9 Å². The molecule has 0 saturated heterocycles. The van der Waals surface area contributed by atoms with E-state index in [0.717, 1.165) is 12.8 Å². The number of hydrogen-bond acceptors (Lipinski definition) is 5. The summed E-state index contributed by atoms with van der Waals surface area (Å²) >= 11 is 0. The molecule has 0 spiro atoms. The highest BCUT2D eigenvalue weighted by molar-refractivity contribution is 6.13.